The van der Waals surface area contributed by atoms with Gasteiger partial charge in [0.1, 0.15) is 5.82 Å². The molecule has 2 aromatic heterocycles. The van der Waals surface area contributed by atoms with Gasteiger partial charge < -0.3 is 10.1 Å². The van der Waals surface area contributed by atoms with Crippen molar-refractivity contribution in [1.82, 2.24) is 14.8 Å². The molecule has 1 aromatic carbocycles. The lowest BCUT2D eigenvalue weighted by Crippen LogP contribution is -2.19. The Kier molecular flexibility index (Phi) is 6.02. The number of benzene rings is 1. The van der Waals surface area contributed by atoms with Gasteiger partial charge in [0.05, 0.1) is 23.1 Å². The number of aryl methyl sites for hydroxylation is 1. The third-order valence-electron chi connectivity index (χ3n) is 5.33. The second-order valence-electron chi connectivity index (χ2n) is 7.47. The summed E-state index contributed by atoms with van der Waals surface area (Å²) in [5.74, 6) is -2.58. The lowest BCUT2D eigenvalue weighted by Gasteiger charge is -2.23. The van der Waals surface area contributed by atoms with Gasteiger partial charge in [-0.3, -0.25) is 9.78 Å². The highest BCUT2D eigenvalue weighted by molar-refractivity contribution is 6.34. The van der Waals surface area contributed by atoms with Gasteiger partial charge in [-0.25, -0.2) is 13.5 Å². The molecular formula is C22H21ClF2N4O2. The first-order valence-corrected chi connectivity index (χ1v) is 10.3. The molecule has 6 nitrogen and oxygen atoms in total. The Bertz CT molecular complexity index is 1190. The van der Waals surface area contributed by atoms with E-state index in [1.807, 2.05) is 0 Å². The predicted molar refractivity (Wildman–Crippen MR) is 115 cm³/mol. The van der Waals surface area contributed by atoms with E-state index in [4.69, 9.17) is 16.3 Å². The molecule has 4 rings (SSSR count). The first kappa shape index (κ1) is 21.4. The van der Waals surface area contributed by atoms with E-state index < -0.39 is 17.6 Å². The van der Waals surface area contributed by atoms with Crippen LogP contribution in [0.15, 0.2) is 30.2 Å². The summed E-state index contributed by atoms with van der Waals surface area (Å²) in [7, 11) is 0. The van der Waals surface area contributed by atoms with Crippen LogP contribution in [0, 0.1) is 19.7 Å². The van der Waals surface area contributed by atoms with Crippen LogP contribution in [0.25, 0.3) is 17.0 Å². The number of carbonyl (C=O) groups is 1. The third kappa shape index (κ3) is 4.31. The number of halogens is 3. The van der Waals surface area contributed by atoms with Crippen molar-refractivity contribution in [2.75, 3.05) is 11.9 Å². The van der Waals surface area contributed by atoms with Crippen LogP contribution in [0.2, 0.25) is 5.15 Å². The van der Waals surface area contributed by atoms with Crippen molar-refractivity contribution in [3.63, 3.8) is 0 Å². The number of pyridine rings is 1. The molecule has 1 fully saturated rings. The summed E-state index contributed by atoms with van der Waals surface area (Å²) in [6.07, 6.45) is 4.77. The summed E-state index contributed by atoms with van der Waals surface area (Å²) in [4.78, 5) is 16.2. The minimum absolute atomic E-state index is 0.156. The van der Waals surface area contributed by atoms with Gasteiger partial charge in [0.25, 0.3) is 5.91 Å². The lowest BCUT2D eigenvalue weighted by atomic mass is 10.1. The van der Waals surface area contributed by atoms with E-state index in [-0.39, 0.29) is 17.5 Å². The monoisotopic (exact) mass is 446 g/mol. The maximum absolute atomic E-state index is 14.7. The zero-order valence-corrected chi connectivity index (χ0v) is 17.8. The molecule has 0 aliphatic carbocycles. The maximum atomic E-state index is 14.7. The van der Waals surface area contributed by atoms with Crippen LogP contribution in [-0.2, 0) is 9.53 Å². The number of carbonyl (C=O) groups excluding carboxylic acids is 1. The van der Waals surface area contributed by atoms with Crippen molar-refractivity contribution in [2.24, 2.45) is 0 Å². The summed E-state index contributed by atoms with van der Waals surface area (Å²) >= 11 is 6.26. The van der Waals surface area contributed by atoms with Gasteiger partial charge >= 0.3 is 0 Å². The van der Waals surface area contributed by atoms with E-state index in [2.05, 4.69) is 15.4 Å². The molecule has 0 saturated carbocycles. The van der Waals surface area contributed by atoms with Crippen LogP contribution in [-0.4, -0.2) is 27.3 Å². The van der Waals surface area contributed by atoms with E-state index in [1.54, 1.807) is 29.8 Å². The molecule has 1 unspecified atom stereocenters. The number of rotatable bonds is 4. The first-order chi connectivity index (χ1) is 14.8. The fourth-order valence-corrected chi connectivity index (χ4v) is 3.86. The summed E-state index contributed by atoms with van der Waals surface area (Å²) < 4.78 is 35.9. The van der Waals surface area contributed by atoms with E-state index in [9.17, 15) is 13.6 Å². The minimum atomic E-state index is -1.02. The van der Waals surface area contributed by atoms with E-state index >= 15 is 0 Å². The fourth-order valence-electron chi connectivity index (χ4n) is 3.62. The number of amides is 1. The molecule has 3 aromatic rings. The number of hydrogen-bond donors (Lipinski definition) is 1. The van der Waals surface area contributed by atoms with Gasteiger partial charge in [-0.1, -0.05) is 17.7 Å². The molecule has 1 N–H and O–H groups in total. The fraction of sp³-hybridized carbons (Fsp3) is 0.318. The molecule has 0 radical (unpaired) electrons. The Labute approximate surface area is 182 Å². The molecule has 1 atom stereocenters. The zero-order valence-electron chi connectivity index (χ0n) is 17.1. The predicted octanol–water partition coefficient (Wildman–Crippen LogP) is 5.49. The average molecular weight is 447 g/mol. The Morgan fingerprint density at radius 2 is 2.16 bits per heavy atom. The number of nitrogens with one attached hydrogen (secondary N) is 1. The van der Waals surface area contributed by atoms with Gasteiger partial charge in [0.2, 0.25) is 0 Å². The molecule has 1 amide bonds. The number of nitrogens with zero attached hydrogens (tertiary/aromatic N) is 3. The molecule has 0 bridgehead atoms. The van der Waals surface area contributed by atoms with Crippen LogP contribution >= 0.6 is 11.6 Å². The van der Waals surface area contributed by atoms with E-state index in [0.29, 0.717) is 28.5 Å². The van der Waals surface area contributed by atoms with Crippen LogP contribution < -0.4 is 5.32 Å². The average Bonchev–Trinajstić information content (AvgIpc) is 3.10. The van der Waals surface area contributed by atoms with Crippen LogP contribution in [0.4, 0.5) is 14.5 Å². The lowest BCUT2D eigenvalue weighted by molar-refractivity contribution is -0.114. The first-order valence-electron chi connectivity index (χ1n) is 9.94. The maximum Gasteiger partial charge on any atom is 0.284 e. The topological polar surface area (TPSA) is 69.0 Å². The Morgan fingerprint density at radius 3 is 2.90 bits per heavy atom. The molecule has 1 saturated heterocycles. The van der Waals surface area contributed by atoms with Crippen LogP contribution in [0.3, 0.4) is 0 Å². The smallest absolute Gasteiger partial charge is 0.284 e. The standard InChI is InChI=1S/C22H21ClF2N4O2/c1-12-17(25)11-26-13(2)20(12)27-22(30)16(24)9-14-6-7-15-18(10-14)29(28-21(15)23)19-5-3-4-8-31-19/h6-7,9-11,19H,3-5,8H2,1-2H3,(H,27,30)/b16-9-. The molecule has 9 heteroatoms. The molecular weight excluding hydrogens is 426 g/mol. The van der Waals surface area contributed by atoms with Gasteiger partial charge in [-0.05, 0) is 56.9 Å². The van der Waals surface area contributed by atoms with E-state index in [0.717, 1.165) is 36.9 Å². The van der Waals surface area contributed by atoms with Gasteiger partial charge in [0.15, 0.2) is 17.2 Å². The molecule has 31 heavy (non-hydrogen) atoms. The van der Waals surface area contributed by atoms with Crippen molar-refractivity contribution < 1.29 is 18.3 Å². The molecule has 1 aliphatic heterocycles. The number of aromatic nitrogens is 3. The Hall–Kier alpha value is -2.84. The summed E-state index contributed by atoms with van der Waals surface area (Å²) in [6.45, 7) is 3.75. The highest BCUT2D eigenvalue weighted by Crippen LogP contribution is 2.31. The summed E-state index contributed by atoms with van der Waals surface area (Å²) in [5, 5.41) is 7.83. The minimum Gasteiger partial charge on any atom is -0.356 e. The highest BCUT2D eigenvalue weighted by atomic mass is 35.5. The Balaban J connectivity index is 1.62. The molecule has 0 spiro atoms. The largest absolute Gasteiger partial charge is 0.356 e. The molecule has 3 heterocycles. The zero-order chi connectivity index (χ0) is 22.1. The van der Waals surface area contributed by atoms with Gasteiger partial charge in [-0.2, -0.15) is 5.10 Å². The van der Waals surface area contributed by atoms with Crippen molar-refractivity contribution >= 4 is 40.2 Å². The number of anilines is 1. The van der Waals surface area contributed by atoms with Crippen molar-refractivity contribution in [3.8, 4) is 0 Å². The second-order valence-corrected chi connectivity index (χ2v) is 7.83. The van der Waals surface area contributed by atoms with Crippen LogP contribution in [0.5, 0.6) is 0 Å². The van der Waals surface area contributed by atoms with Crippen molar-refractivity contribution in [2.45, 2.75) is 39.3 Å². The number of ether oxygens (including phenoxy) is 1. The number of hydrogen-bond acceptors (Lipinski definition) is 4. The third-order valence-corrected chi connectivity index (χ3v) is 5.61. The molecule has 1 aliphatic rings. The number of fused-ring (bicyclic) bond motifs is 1. The summed E-state index contributed by atoms with van der Waals surface area (Å²) in [5.41, 5.74) is 1.90. The highest BCUT2D eigenvalue weighted by Gasteiger charge is 2.21. The second kappa shape index (κ2) is 8.72. The Morgan fingerprint density at radius 1 is 1.35 bits per heavy atom. The quantitative estimate of drug-likeness (QED) is 0.538. The van der Waals surface area contributed by atoms with E-state index in [1.165, 1.54) is 6.92 Å². The van der Waals surface area contributed by atoms with Crippen LogP contribution in [0.1, 0.15) is 42.3 Å². The normalized spacial score (nSPS) is 17.2. The summed E-state index contributed by atoms with van der Waals surface area (Å²) in [6, 6.07) is 5.08. The van der Waals surface area contributed by atoms with Gasteiger partial charge in [0, 0.05) is 17.6 Å². The van der Waals surface area contributed by atoms with Crippen molar-refractivity contribution in [1.29, 1.82) is 0 Å². The molecule has 162 valence electrons. The van der Waals surface area contributed by atoms with Crippen molar-refractivity contribution in [3.05, 3.63) is 58.0 Å². The van der Waals surface area contributed by atoms with Gasteiger partial charge in [-0.15, -0.1) is 0 Å². The SMILES string of the molecule is Cc1ncc(F)c(C)c1NC(=O)/C(F)=C/c1ccc2c(Cl)nn(C3CCCCO3)c2c1.